The molecule has 2 aliphatic heterocycles. The van der Waals surface area contributed by atoms with Gasteiger partial charge in [0.05, 0.1) is 19.1 Å². The van der Waals surface area contributed by atoms with Crippen LogP contribution in [-0.2, 0) is 9.53 Å². The number of aromatic nitrogens is 2. The van der Waals surface area contributed by atoms with E-state index in [1.54, 1.807) is 0 Å². The molecule has 1 atom stereocenters. The largest absolute Gasteiger partial charge is 0.378 e. The minimum Gasteiger partial charge on any atom is -0.378 e. The molecule has 7 nitrogen and oxygen atoms in total. The van der Waals surface area contributed by atoms with Crippen LogP contribution in [0.25, 0.3) is 0 Å². The quantitative estimate of drug-likeness (QED) is 0.756. The summed E-state index contributed by atoms with van der Waals surface area (Å²) in [5.74, 6) is 1.89. The number of anilines is 2. The van der Waals surface area contributed by atoms with Gasteiger partial charge in [-0.25, -0.2) is 4.98 Å². The van der Waals surface area contributed by atoms with Gasteiger partial charge in [-0.1, -0.05) is 37.3 Å². The minimum atomic E-state index is -0.0686. The van der Waals surface area contributed by atoms with Crippen molar-refractivity contribution in [2.75, 3.05) is 62.3 Å². The van der Waals surface area contributed by atoms with Crippen molar-refractivity contribution in [3.05, 3.63) is 47.7 Å². The second kappa shape index (κ2) is 9.43. The van der Waals surface area contributed by atoms with Gasteiger partial charge in [0.1, 0.15) is 5.82 Å². The van der Waals surface area contributed by atoms with Crippen molar-refractivity contribution in [1.29, 1.82) is 0 Å². The van der Waals surface area contributed by atoms with Crippen molar-refractivity contribution >= 4 is 17.7 Å². The Labute approximate surface area is 178 Å². The van der Waals surface area contributed by atoms with Crippen LogP contribution in [-0.4, -0.2) is 73.3 Å². The summed E-state index contributed by atoms with van der Waals surface area (Å²) in [6.07, 6.45) is 0.812. The van der Waals surface area contributed by atoms with Crippen LogP contribution in [0, 0.1) is 6.92 Å². The van der Waals surface area contributed by atoms with Crippen LogP contribution >= 0.6 is 0 Å². The molecule has 0 radical (unpaired) electrons. The molecule has 7 heteroatoms. The Morgan fingerprint density at radius 3 is 2.37 bits per heavy atom. The lowest BCUT2D eigenvalue weighted by Gasteiger charge is -2.37. The number of hydrogen-bond acceptors (Lipinski definition) is 6. The Morgan fingerprint density at radius 2 is 1.70 bits per heavy atom. The van der Waals surface area contributed by atoms with Gasteiger partial charge in [-0.3, -0.25) is 4.79 Å². The van der Waals surface area contributed by atoms with Crippen molar-refractivity contribution in [3.8, 4) is 0 Å². The molecular formula is C23H31N5O2. The van der Waals surface area contributed by atoms with Crippen LogP contribution in [0.2, 0.25) is 0 Å². The Bertz CT molecular complexity index is 846. The molecule has 0 bridgehead atoms. The average Bonchev–Trinajstić information content (AvgIpc) is 2.80. The average molecular weight is 410 g/mol. The van der Waals surface area contributed by atoms with Gasteiger partial charge in [-0.15, -0.1) is 0 Å². The predicted octanol–water partition coefficient (Wildman–Crippen LogP) is 2.46. The number of aryl methyl sites for hydroxylation is 1. The summed E-state index contributed by atoms with van der Waals surface area (Å²) < 4.78 is 5.46. The van der Waals surface area contributed by atoms with E-state index in [0.717, 1.165) is 68.8 Å². The highest BCUT2D eigenvalue weighted by Gasteiger charge is 2.28. The van der Waals surface area contributed by atoms with Crippen molar-refractivity contribution in [1.82, 2.24) is 14.9 Å². The van der Waals surface area contributed by atoms with E-state index in [0.29, 0.717) is 13.1 Å². The van der Waals surface area contributed by atoms with E-state index in [2.05, 4.69) is 33.8 Å². The molecule has 0 saturated carbocycles. The second-order valence-electron chi connectivity index (χ2n) is 7.95. The lowest BCUT2D eigenvalue weighted by atomic mass is 9.95. The van der Waals surface area contributed by atoms with Gasteiger partial charge in [0, 0.05) is 51.0 Å². The monoisotopic (exact) mass is 409 g/mol. The standard InChI is InChI=1S/C23H31N5O2/c1-3-20(19-7-5-4-6-8-19)22(29)27-9-11-28(12-10-27)23-24-18(2)17-21(25-23)26-13-15-30-16-14-26/h4-8,17,20H,3,9-16H2,1-2H3. The van der Waals surface area contributed by atoms with E-state index in [4.69, 9.17) is 9.72 Å². The summed E-state index contributed by atoms with van der Waals surface area (Å²) in [4.78, 5) is 29.1. The van der Waals surface area contributed by atoms with E-state index in [1.165, 1.54) is 0 Å². The zero-order valence-electron chi connectivity index (χ0n) is 18.0. The molecule has 1 aromatic carbocycles. The fourth-order valence-corrected chi connectivity index (χ4v) is 4.22. The number of carbonyl (C=O) groups is 1. The number of rotatable bonds is 5. The maximum atomic E-state index is 13.1. The highest BCUT2D eigenvalue weighted by Crippen LogP contribution is 2.24. The number of morpholine rings is 1. The van der Waals surface area contributed by atoms with Crippen molar-refractivity contribution in [2.45, 2.75) is 26.2 Å². The Kier molecular flexibility index (Phi) is 6.47. The van der Waals surface area contributed by atoms with Crippen LogP contribution in [0.15, 0.2) is 36.4 Å². The third-order valence-corrected chi connectivity index (χ3v) is 5.95. The highest BCUT2D eigenvalue weighted by molar-refractivity contribution is 5.84. The molecule has 160 valence electrons. The molecule has 1 aromatic heterocycles. The lowest BCUT2D eigenvalue weighted by molar-refractivity contribution is -0.133. The summed E-state index contributed by atoms with van der Waals surface area (Å²) in [6, 6.07) is 12.1. The number of amides is 1. The number of hydrogen-bond donors (Lipinski definition) is 0. The number of carbonyl (C=O) groups excluding carboxylic acids is 1. The molecule has 30 heavy (non-hydrogen) atoms. The number of nitrogens with zero attached hydrogens (tertiary/aromatic N) is 5. The van der Waals surface area contributed by atoms with Gasteiger partial charge in [0.25, 0.3) is 0 Å². The summed E-state index contributed by atoms with van der Waals surface area (Å²) in [5, 5.41) is 0. The smallest absolute Gasteiger partial charge is 0.230 e. The van der Waals surface area contributed by atoms with Crippen molar-refractivity contribution < 1.29 is 9.53 Å². The normalized spacial score (nSPS) is 18.4. The first-order valence-electron chi connectivity index (χ1n) is 10.9. The molecule has 3 heterocycles. The first-order chi connectivity index (χ1) is 14.7. The van der Waals surface area contributed by atoms with Crippen molar-refractivity contribution in [2.24, 2.45) is 0 Å². The van der Waals surface area contributed by atoms with E-state index in [9.17, 15) is 4.79 Å². The lowest BCUT2D eigenvalue weighted by Crippen LogP contribution is -2.50. The Hall–Kier alpha value is -2.67. The molecule has 2 aromatic rings. The van der Waals surface area contributed by atoms with Gasteiger partial charge in [0.2, 0.25) is 11.9 Å². The first kappa shape index (κ1) is 20.6. The zero-order valence-corrected chi connectivity index (χ0v) is 18.0. The van der Waals surface area contributed by atoms with E-state index >= 15 is 0 Å². The maximum Gasteiger partial charge on any atom is 0.230 e. The first-order valence-corrected chi connectivity index (χ1v) is 10.9. The fourth-order valence-electron chi connectivity index (χ4n) is 4.22. The molecule has 1 amide bonds. The maximum absolute atomic E-state index is 13.1. The third-order valence-electron chi connectivity index (χ3n) is 5.95. The fraction of sp³-hybridized carbons (Fsp3) is 0.522. The van der Waals surface area contributed by atoms with E-state index < -0.39 is 0 Å². The molecular weight excluding hydrogens is 378 g/mol. The number of ether oxygens (including phenoxy) is 1. The predicted molar refractivity (Wildman–Crippen MR) is 118 cm³/mol. The van der Waals surface area contributed by atoms with Crippen LogP contribution in [0.4, 0.5) is 11.8 Å². The summed E-state index contributed by atoms with van der Waals surface area (Å²) >= 11 is 0. The topological polar surface area (TPSA) is 61.8 Å². The second-order valence-corrected chi connectivity index (χ2v) is 7.95. The molecule has 2 aliphatic rings. The van der Waals surface area contributed by atoms with Crippen LogP contribution in [0.3, 0.4) is 0 Å². The summed E-state index contributed by atoms with van der Waals surface area (Å²) in [7, 11) is 0. The molecule has 0 spiro atoms. The zero-order chi connectivity index (χ0) is 20.9. The SMILES string of the molecule is CCC(C(=O)N1CCN(c2nc(C)cc(N3CCOCC3)n2)CC1)c1ccccc1. The van der Waals surface area contributed by atoms with Crippen LogP contribution < -0.4 is 9.80 Å². The number of benzene rings is 1. The summed E-state index contributed by atoms with van der Waals surface area (Å²) in [6.45, 7) is 10.2. The van der Waals surface area contributed by atoms with E-state index in [-0.39, 0.29) is 11.8 Å². The molecule has 1 unspecified atom stereocenters. The molecule has 2 fully saturated rings. The number of piperazine rings is 1. The Balaban J connectivity index is 1.42. The van der Waals surface area contributed by atoms with E-state index in [1.807, 2.05) is 36.1 Å². The van der Waals surface area contributed by atoms with Gasteiger partial charge in [-0.05, 0) is 18.9 Å². The third kappa shape index (κ3) is 4.56. The Morgan fingerprint density at radius 1 is 1.00 bits per heavy atom. The van der Waals surface area contributed by atoms with Gasteiger partial charge >= 0.3 is 0 Å². The van der Waals surface area contributed by atoms with Gasteiger partial charge in [0.15, 0.2) is 0 Å². The van der Waals surface area contributed by atoms with Gasteiger partial charge in [-0.2, -0.15) is 4.98 Å². The highest BCUT2D eigenvalue weighted by atomic mass is 16.5. The van der Waals surface area contributed by atoms with Crippen LogP contribution in [0.5, 0.6) is 0 Å². The molecule has 4 rings (SSSR count). The summed E-state index contributed by atoms with van der Waals surface area (Å²) in [5.41, 5.74) is 2.07. The molecule has 0 aliphatic carbocycles. The minimum absolute atomic E-state index is 0.0686. The van der Waals surface area contributed by atoms with Crippen molar-refractivity contribution in [3.63, 3.8) is 0 Å². The molecule has 2 saturated heterocycles. The van der Waals surface area contributed by atoms with Crippen LogP contribution in [0.1, 0.15) is 30.5 Å². The molecule has 0 N–H and O–H groups in total. The van der Waals surface area contributed by atoms with Gasteiger partial charge < -0.3 is 19.4 Å².